The van der Waals surface area contributed by atoms with Crippen molar-refractivity contribution in [3.8, 4) is 0 Å². The van der Waals surface area contributed by atoms with Gasteiger partial charge < -0.3 is 9.30 Å². The van der Waals surface area contributed by atoms with Crippen LogP contribution in [0.25, 0.3) is 10.2 Å². The molecule has 3 aromatic carbocycles. The van der Waals surface area contributed by atoms with Crippen LogP contribution in [0.5, 0.6) is 0 Å². The zero-order valence-corrected chi connectivity index (χ0v) is 20.0. The van der Waals surface area contributed by atoms with Gasteiger partial charge in [-0.2, -0.15) is 4.99 Å². The van der Waals surface area contributed by atoms with Crippen molar-refractivity contribution in [2.24, 2.45) is 4.99 Å². The van der Waals surface area contributed by atoms with Gasteiger partial charge in [0, 0.05) is 17.3 Å². The third kappa shape index (κ3) is 5.31. The largest absolute Gasteiger partial charge is 0.468 e. The molecular formula is C23H16F3N3O5S2. The summed E-state index contributed by atoms with van der Waals surface area (Å²) in [6, 6.07) is 11.3. The first-order valence-corrected chi connectivity index (χ1v) is 12.4. The number of sulfonamides is 1. The number of rotatable bonds is 6. The van der Waals surface area contributed by atoms with Gasteiger partial charge in [-0.15, -0.1) is 0 Å². The van der Waals surface area contributed by atoms with E-state index < -0.39 is 45.9 Å². The van der Waals surface area contributed by atoms with Gasteiger partial charge in [0.15, 0.2) is 10.6 Å². The van der Waals surface area contributed by atoms with Crippen molar-refractivity contribution in [3.63, 3.8) is 0 Å². The molecule has 0 bridgehead atoms. The summed E-state index contributed by atoms with van der Waals surface area (Å²) in [7, 11) is -2.94. The van der Waals surface area contributed by atoms with Gasteiger partial charge in [0.2, 0.25) is 0 Å². The Morgan fingerprint density at radius 1 is 1.03 bits per heavy atom. The number of benzene rings is 3. The van der Waals surface area contributed by atoms with E-state index in [1.807, 2.05) is 0 Å². The summed E-state index contributed by atoms with van der Waals surface area (Å²) in [5, 5.41) is 0. The number of esters is 1. The fourth-order valence-corrected chi connectivity index (χ4v) is 5.37. The Kier molecular flexibility index (Phi) is 6.95. The van der Waals surface area contributed by atoms with Gasteiger partial charge in [0.05, 0.1) is 22.2 Å². The molecule has 186 valence electrons. The SMILES string of the molecule is COC(=O)Cn1c(=NC(=O)c2cccc(NS(=O)(=O)c3ccc(F)cc3)c2)sc2cc(F)cc(F)c21. The first kappa shape index (κ1) is 25.1. The normalized spacial score (nSPS) is 12.1. The van der Waals surface area contributed by atoms with Gasteiger partial charge >= 0.3 is 5.97 Å². The van der Waals surface area contributed by atoms with Gasteiger partial charge in [-0.05, 0) is 48.5 Å². The molecule has 0 saturated heterocycles. The number of carbonyl (C=O) groups excluding carboxylic acids is 2. The van der Waals surface area contributed by atoms with E-state index in [9.17, 15) is 31.2 Å². The second-order valence-electron chi connectivity index (χ2n) is 7.34. The van der Waals surface area contributed by atoms with E-state index in [1.54, 1.807) is 0 Å². The number of methoxy groups -OCH3 is 1. The van der Waals surface area contributed by atoms with E-state index in [0.29, 0.717) is 6.07 Å². The number of amides is 1. The lowest BCUT2D eigenvalue weighted by molar-refractivity contribution is -0.141. The average Bonchev–Trinajstić information content (AvgIpc) is 3.15. The number of halogens is 3. The minimum atomic E-state index is -4.07. The molecule has 1 aromatic heterocycles. The van der Waals surface area contributed by atoms with E-state index in [-0.39, 0.29) is 31.2 Å². The molecule has 8 nitrogen and oxygen atoms in total. The number of fused-ring (bicyclic) bond motifs is 1. The highest BCUT2D eigenvalue weighted by atomic mass is 32.2. The Morgan fingerprint density at radius 3 is 2.44 bits per heavy atom. The number of aromatic nitrogens is 1. The lowest BCUT2D eigenvalue weighted by Gasteiger charge is -2.09. The van der Waals surface area contributed by atoms with Crippen LogP contribution in [0, 0.1) is 17.5 Å². The maximum Gasteiger partial charge on any atom is 0.325 e. The smallest absolute Gasteiger partial charge is 0.325 e. The second kappa shape index (κ2) is 9.95. The van der Waals surface area contributed by atoms with Crippen LogP contribution in [0.1, 0.15) is 10.4 Å². The van der Waals surface area contributed by atoms with E-state index in [2.05, 4.69) is 14.5 Å². The van der Waals surface area contributed by atoms with Crippen LogP contribution < -0.4 is 9.52 Å². The van der Waals surface area contributed by atoms with Crippen molar-refractivity contribution in [3.05, 3.63) is 88.5 Å². The summed E-state index contributed by atoms with van der Waals surface area (Å²) in [5.74, 6) is -3.97. The van der Waals surface area contributed by atoms with Gasteiger partial charge in [0.1, 0.15) is 18.2 Å². The minimum absolute atomic E-state index is 0.0250. The molecule has 1 heterocycles. The summed E-state index contributed by atoms with van der Waals surface area (Å²) in [6.45, 7) is -0.483. The summed E-state index contributed by atoms with van der Waals surface area (Å²) in [5.41, 5.74) is -0.116. The lowest BCUT2D eigenvalue weighted by Crippen LogP contribution is -2.23. The summed E-state index contributed by atoms with van der Waals surface area (Å²) >= 11 is 0.786. The number of nitrogens with zero attached hydrogens (tertiary/aromatic N) is 2. The Morgan fingerprint density at radius 2 is 1.75 bits per heavy atom. The number of ether oxygens (including phenoxy) is 1. The Bertz CT molecular complexity index is 1660. The molecule has 0 radical (unpaired) electrons. The third-order valence-electron chi connectivity index (χ3n) is 4.89. The van der Waals surface area contributed by atoms with Crippen LogP contribution in [0.15, 0.2) is 70.6 Å². The third-order valence-corrected chi connectivity index (χ3v) is 7.32. The number of nitrogens with one attached hydrogen (secondary N) is 1. The maximum absolute atomic E-state index is 14.5. The molecule has 0 spiro atoms. The highest BCUT2D eigenvalue weighted by Crippen LogP contribution is 2.23. The first-order valence-electron chi connectivity index (χ1n) is 10.1. The lowest BCUT2D eigenvalue weighted by atomic mass is 10.2. The molecule has 4 aromatic rings. The predicted octanol–water partition coefficient (Wildman–Crippen LogP) is 3.84. The number of carbonyl (C=O) groups is 2. The molecule has 0 aliphatic rings. The zero-order chi connectivity index (χ0) is 26.0. The van der Waals surface area contributed by atoms with Crippen LogP contribution in [-0.2, 0) is 26.1 Å². The zero-order valence-electron chi connectivity index (χ0n) is 18.4. The maximum atomic E-state index is 14.5. The fraction of sp³-hybridized carbons (Fsp3) is 0.0870. The van der Waals surface area contributed by atoms with Crippen LogP contribution in [0.4, 0.5) is 18.9 Å². The van der Waals surface area contributed by atoms with Crippen molar-refractivity contribution in [1.29, 1.82) is 0 Å². The number of thiazole rings is 1. The van der Waals surface area contributed by atoms with E-state index in [1.165, 1.54) is 24.3 Å². The molecular weight excluding hydrogens is 519 g/mol. The molecule has 0 saturated carbocycles. The van der Waals surface area contributed by atoms with E-state index >= 15 is 0 Å². The Balaban J connectivity index is 1.71. The standard InChI is InChI=1S/C23H16F3N3O5S2/c1-34-20(30)12-29-21-18(26)10-15(25)11-19(21)35-23(29)27-22(31)13-3-2-4-16(9-13)28-36(32,33)17-7-5-14(24)6-8-17/h2-11,28H,12H2,1H3. The molecule has 1 amide bonds. The Labute approximate surface area is 206 Å². The molecule has 0 unspecified atom stereocenters. The summed E-state index contributed by atoms with van der Waals surface area (Å²) < 4.78 is 74.6. The second-order valence-corrected chi connectivity index (χ2v) is 10.0. The van der Waals surface area contributed by atoms with E-state index in [0.717, 1.165) is 53.3 Å². The van der Waals surface area contributed by atoms with E-state index in [4.69, 9.17) is 0 Å². The van der Waals surface area contributed by atoms with Crippen molar-refractivity contribution in [2.75, 3.05) is 11.8 Å². The van der Waals surface area contributed by atoms with Gasteiger partial charge in [-0.1, -0.05) is 17.4 Å². The molecule has 0 fully saturated rings. The minimum Gasteiger partial charge on any atom is -0.468 e. The van der Waals surface area contributed by atoms with Crippen LogP contribution in [-0.4, -0.2) is 32.0 Å². The Hall–Kier alpha value is -3.97. The molecule has 36 heavy (non-hydrogen) atoms. The average molecular weight is 536 g/mol. The topological polar surface area (TPSA) is 107 Å². The molecule has 4 rings (SSSR count). The monoisotopic (exact) mass is 535 g/mol. The highest BCUT2D eigenvalue weighted by Gasteiger charge is 2.18. The van der Waals surface area contributed by atoms with Crippen LogP contribution >= 0.6 is 11.3 Å². The number of hydrogen-bond donors (Lipinski definition) is 1. The van der Waals surface area contributed by atoms with Crippen molar-refractivity contribution >= 4 is 49.1 Å². The van der Waals surface area contributed by atoms with Crippen LogP contribution in [0.2, 0.25) is 0 Å². The van der Waals surface area contributed by atoms with Crippen molar-refractivity contribution < 1.29 is 35.9 Å². The molecule has 0 aliphatic carbocycles. The molecule has 0 aliphatic heterocycles. The summed E-state index contributed by atoms with van der Waals surface area (Å²) in [6.07, 6.45) is 0. The first-order chi connectivity index (χ1) is 17.1. The highest BCUT2D eigenvalue weighted by molar-refractivity contribution is 7.92. The fourth-order valence-electron chi connectivity index (χ4n) is 3.25. The summed E-state index contributed by atoms with van der Waals surface area (Å²) in [4.78, 5) is 28.4. The molecule has 0 atom stereocenters. The van der Waals surface area contributed by atoms with Crippen molar-refractivity contribution in [1.82, 2.24) is 4.57 Å². The van der Waals surface area contributed by atoms with Gasteiger partial charge in [0.25, 0.3) is 15.9 Å². The quantitative estimate of drug-likeness (QED) is 0.378. The molecule has 13 heteroatoms. The van der Waals surface area contributed by atoms with Gasteiger partial charge in [-0.25, -0.2) is 21.6 Å². The van der Waals surface area contributed by atoms with Gasteiger partial charge in [-0.3, -0.25) is 14.3 Å². The number of anilines is 1. The number of hydrogen-bond acceptors (Lipinski definition) is 6. The van der Waals surface area contributed by atoms with Crippen molar-refractivity contribution in [2.45, 2.75) is 11.4 Å². The van der Waals surface area contributed by atoms with Crippen LogP contribution in [0.3, 0.4) is 0 Å². The predicted molar refractivity (Wildman–Crippen MR) is 125 cm³/mol. The molecule has 1 N–H and O–H groups in total.